The van der Waals surface area contributed by atoms with Crippen LogP contribution in [0.1, 0.15) is 32.3 Å². The molecule has 0 aliphatic carbocycles. The fraction of sp³-hybridized carbons (Fsp3) is 0.357. The third-order valence-corrected chi connectivity index (χ3v) is 2.64. The predicted molar refractivity (Wildman–Crippen MR) is 63.7 cm³/mol. The molecule has 0 unspecified atom stereocenters. The van der Waals surface area contributed by atoms with Crippen LogP contribution >= 0.6 is 0 Å². The predicted octanol–water partition coefficient (Wildman–Crippen LogP) is 3.82. The van der Waals surface area contributed by atoms with E-state index in [1.54, 1.807) is 6.08 Å². The number of halogens is 2. The third kappa shape index (κ3) is 4.10. The van der Waals surface area contributed by atoms with Crippen LogP contribution < -0.4 is 0 Å². The topological polar surface area (TPSA) is 17.1 Å². The highest BCUT2D eigenvalue weighted by atomic mass is 19.2. The smallest absolute Gasteiger partial charge is 0.160 e. The molecule has 1 aromatic carbocycles. The molecule has 0 N–H and O–H groups in total. The molecule has 0 radical (unpaired) electrons. The Hall–Kier alpha value is -1.51. The summed E-state index contributed by atoms with van der Waals surface area (Å²) >= 11 is 0. The molecule has 1 aromatic rings. The Bertz CT molecular complexity index is 430. The number of hydrogen-bond donors (Lipinski definition) is 0. The maximum absolute atomic E-state index is 12.9. The molecule has 0 aliphatic heterocycles. The van der Waals surface area contributed by atoms with Crippen molar-refractivity contribution in [1.82, 2.24) is 0 Å². The molecular weight excluding hydrogens is 222 g/mol. The van der Waals surface area contributed by atoms with E-state index in [2.05, 4.69) is 0 Å². The standard InChI is InChI=1S/C14H16F2O/c1-3-10(4-2)7-12(17)8-11-5-6-13(15)14(16)9-11/h5-7,9H,3-4,8H2,1-2H3. The molecular formula is C14H16F2O. The molecule has 0 saturated carbocycles. The Kier molecular flexibility index (Phi) is 5.01. The van der Waals surface area contributed by atoms with Gasteiger partial charge in [-0.15, -0.1) is 0 Å². The Morgan fingerprint density at radius 2 is 1.82 bits per heavy atom. The van der Waals surface area contributed by atoms with E-state index in [-0.39, 0.29) is 12.2 Å². The lowest BCUT2D eigenvalue weighted by molar-refractivity contribution is -0.114. The summed E-state index contributed by atoms with van der Waals surface area (Å²) in [5.41, 5.74) is 1.56. The lowest BCUT2D eigenvalue weighted by Crippen LogP contribution is -2.01. The minimum Gasteiger partial charge on any atom is -0.294 e. The number of carbonyl (C=O) groups excluding carboxylic acids is 1. The van der Waals surface area contributed by atoms with Gasteiger partial charge < -0.3 is 0 Å². The van der Waals surface area contributed by atoms with E-state index in [0.29, 0.717) is 5.56 Å². The van der Waals surface area contributed by atoms with E-state index >= 15 is 0 Å². The van der Waals surface area contributed by atoms with Gasteiger partial charge in [-0.1, -0.05) is 25.5 Å². The molecule has 0 atom stereocenters. The zero-order valence-electron chi connectivity index (χ0n) is 10.1. The van der Waals surface area contributed by atoms with Gasteiger partial charge in [0.25, 0.3) is 0 Å². The van der Waals surface area contributed by atoms with Crippen molar-refractivity contribution in [2.75, 3.05) is 0 Å². The number of hydrogen-bond acceptors (Lipinski definition) is 1. The van der Waals surface area contributed by atoms with E-state index in [0.717, 1.165) is 30.5 Å². The zero-order valence-corrected chi connectivity index (χ0v) is 10.1. The van der Waals surface area contributed by atoms with Crippen molar-refractivity contribution in [3.05, 3.63) is 47.0 Å². The maximum Gasteiger partial charge on any atom is 0.160 e. The van der Waals surface area contributed by atoms with Crippen molar-refractivity contribution in [3.8, 4) is 0 Å². The van der Waals surface area contributed by atoms with Crippen LogP contribution in [0.2, 0.25) is 0 Å². The van der Waals surface area contributed by atoms with Crippen molar-refractivity contribution in [2.45, 2.75) is 33.1 Å². The first-order valence-corrected chi connectivity index (χ1v) is 5.73. The second kappa shape index (κ2) is 6.28. The fourth-order valence-electron chi connectivity index (χ4n) is 1.58. The number of benzene rings is 1. The van der Waals surface area contributed by atoms with E-state index in [9.17, 15) is 13.6 Å². The molecule has 0 saturated heterocycles. The van der Waals surface area contributed by atoms with Crippen LogP contribution in [0.3, 0.4) is 0 Å². The summed E-state index contributed by atoms with van der Waals surface area (Å²) in [5, 5.41) is 0. The highest BCUT2D eigenvalue weighted by molar-refractivity contribution is 5.92. The number of carbonyl (C=O) groups is 1. The van der Waals surface area contributed by atoms with Crippen LogP contribution in [-0.2, 0) is 11.2 Å². The number of rotatable bonds is 5. The first-order chi connectivity index (χ1) is 8.06. The van der Waals surface area contributed by atoms with Crippen LogP contribution in [-0.4, -0.2) is 5.78 Å². The lowest BCUT2D eigenvalue weighted by atomic mass is 10.0. The second-order valence-electron chi connectivity index (χ2n) is 3.90. The van der Waals surface area contributed by atoms with Gasteiger partial charge in [-0.3, -0.25) is 4.79 Å². The summed E-state index contributed by atoms with van der Waals surface area (Å²) in [6.07, 6.45) is 3.38. The minimum absolute atomic E-state index is 0.0743. The molecule has 0 aromatic heterocycles. The summed E-state index contributed by atoms with van der Waals surface area (Å²) < 4.78 is 25.6. The summed E-state index contributed by atoms with van der Waals surface area (Å²) in [4.78, 5) is 11.6. The number of allylic oxidation sites excluding steroid dienone is 2. The van der Waals surface area contributed by atoms with E-state index in [4.69, 9.17) is 0 Å². The summed E-state index contributed by atoms with van der Waals surface area (Å²) in [6.45, 7) is 3.97. The molecule has 17 heavy (non-hydrogen) atoms. The molecule has 1 nitrogen and oxygen atoms in total. The molecule has 1 rings (SSSR count). The van der Waals surface area contributed by atoms with Crippen molar-refractivity contribution < 1.29 is 13.6 Å². The zero-order chi connectivity index (χ0) is 12.8. The first-order valence-electron chi connectivity index (χ1n) is 5.73. The third-order valence-electron chi connectivity index (χ3n) is 2.64. The molecule has 0 amide bonds. The molecule has 0 aliphatic rings. The van der Waals surface area contributed by atoms with Gasteiger partial charge in [-0.2, -0.15) is 0 Å². The first kappa shape index (κ1) is 13.6. The Morgan fingerprint density at radius 1 is 1.18 bits per heavy atom. The van der Waals surface area contributed by atoms with Crippen LogP contribution in [0.5, 0.6) is 0 Å². The quantitative estimate of drug-likeness (QED) is 0.713. The van der Waals surface area contributed by atoms with Gasteiger partial charge in [0.15, 0.2) is 17.4 Å². The summed E-state index contributed by atoms with van der Waals surface area (Å²) in [7, 11) is 0. The van der Waals surface area contributed by atoms with E-state index in [1.807, 2.05) is 13.8 Å². The SMILES string of the molecule is CCC(=CC(=O)Cc1ccc(F)c(F)c1)CC. The van der Waals surface area contributed by atoms with Gasteiger partial charge in [-0.25, -0.2) is 8.78 Å². The maximum atomic E-state index is 12.9. The minimum atomic E-state index is -0.912. The highest BCUT2D eigenvalue weighted by Gasteiger charge is 2.06. The van der Waals surface area contributed by atoms with Crippen LogP contribution in [0.15, 0.2) is 29.8 Å². The van der Waals surface area contributed by atoms with E-state index < -0.39 is 11.6 Å². The van der Waals surface area contributed by atoms with Crippen LogP contribution in [0, 0.1) is 11.6 Å². The molecule has 0 bridgehead atoms. The van der Waals surface area contributed by atoms with Gasteiger partial charge in [0.05, 0.1) is 0 Å². The highest BCUT2D eigenvalue weighted by Crippen LogP contribution is 2.11. The van der Waals surface area contributed by atoms with Gasteiger partial charge >= 0.3 is 0 Å². The Morgan fingerprint density at radius 3 is 2.35 bits per heavy atom. The molecule has 3 heteroatoms. The van der Waals surface area contributed by atoms with Gasteiger partial charge in [-0.05, 0) is 36.6 Å². The molecule has 0 fully saturated rings. The van der Waals surface area contributed by atoms with Crippen molar-refractivity contribution >= 4 is 5.78 Å². The van der Waals surface area contributed by atoms with Crippen molar-refractivity contribution in [1.29, 1.82) is 0 Å². The normalized spacial score (nSPS) is 10.1. The molecule has 92 valence electrons. The largest absolute Gasteiger partial charge is 0.294 e. The Labute approximate surface area is 100 Å². The van der Waals surface area contributed by atoms with Crippen LogP contribution in [0.4, 0.5) is 8.78 Å². The van der Waals surface area contributed by atoms with Crippen LogP contribution in [0.25, 0.3) is 0 Å². The molecule has 0 spiro atoms. The van der Waals surface area contributed by atoms with Gasteiger partial charge in [0.1, 0.15) is 0 Å². The van der Waals surface area contributed by atoms with Gasteiger partial charge in [0, 0.05) is 6.42 Å². The fourth-order valence-corrected chi connectivity index (χ4v) is 1.58. The average Bonchev–Trinajstić information content (AvgIpc) is 2.31. The number of ketones is 1. The Balaban J connectivity index is 2.74. The average molecular weight is 238 g/mol. The second-order valence-corrected chi connectivity index (χ2v) is 3.90. The van der Waals surface area contributed by atoms with Crippen molar-refractivity contribution in [3.63, 3.8) is 0 Å². The summed E-state index contributed by atoms with van der Waals surface area (Å²) in [5.74, 6) is -1.88. The monoisotopic (exact) mass is 238 g/mol. The molecule has 0 heterocycles. The summed E-state index contributed by atoms with van der Waals surface area (Å²) in [6, 6.07) is 3.54. The van der Waals surface area contributed by atoms with E-state index in [1.165, 1.54) is 6.07 Å². The van der Waals surface area contributed by atoms with Crippen molar-refractivity contribution in [2.24, 2.45) is 0 Å². The lowest BCUT2D eigenvalue weighted by Gasteiger charge is -2.01. The van der Waals surface area contributed by atoms with Gasteiger partial charge in [0.2, 0.25) is 0 Å².